The van der Waals surface area contributed by atoms with Crippen molar-refractivity contribution in [3.05, 3.63) is 87.8 Å². The maximum atomic E-state index is 13.2. The van der Waals surface area contributed by atoms with Crippen LogP contribution in [-0.4, -0.2) is 25.8 Å². The number of anilines is 1. The van der Waals surface area contributed by atoms with E-state index < -0.39 is 5.97 Å². The minimum absolute atomic E-state index is 0.167. The lowest BCUT2D eigenvalue weighted by Crippen LogP contribution is -2.12. The topological polar surface area (TPSA) is 110 Å². The summed E-state index contributed by atoms with van der Waals surface area (Å²) in [6.45, 7) is 3.81. The molecular weight excluding hydrogens is 432 g/mol. The molecule has 170 valence electrons. The number of hydrogen-bond acceptors (Lipinski definition) is 6. The molecule has 0 aliphatic rings. The summed E-state index contributed by atoms with van der Waals surface area (Å²) in [4.78, 5) is 29.3. The predicted octanol–water partition coefficient (Wildman–Crippen LogP) is 4.92. The van der Waals surface area contributed by atoms with Gasteiger partial charge in [-0.05, 0) is 43.7 Å². The molecular formula is C26H22N4O4. The second-order valence-corrected chi connectivity index (χ2v) is 8.29. The summed E-state index contributed by atoms with van der Waals surface area (Å²) in [5, 5.41) is 18.4. The second-order valence-electron chi connectivity index (χ2n) is 8.29. The highest BCUT2D eigenvalue weighted by molar-refractivity contribution is 5.94. The Morgan fingerprint density at radius 2 is 1.97 bits per heavy atom. The quantitative estimate of drug-likeness (QED) is 0.388. The smallest absolute Gasteiger partial charge is 0.337 e. The molecule has 0 aliphatic heterocycles. The molecule has 0 radical (unpaired) electrons. The first-order valence-electron chi connectivity index (χ1n) is 10.8. The second kappa shape index (κ2) is 8.15. The number of aromatic nitrogens is 3. The van der Waals surface area contributed by atoms with Gasteiger partial charge in [0.05, 0.1) is 28.7 Å². The molecule has 2 N–H and O–H groups in total. The molecule has 0 saturated carbocycles. The molecule has 0 saturated heterocycles. The molecule has 0 aliphatic carbocycles. The number of nitrogens with zero attached hydrogens (tertiary/aromatic N) is 3. The zero-order valence-corrected chi connectivity index (χ0v) is 18.9. The van der Waals surface area contributed by atoms with E-state index in [1.807, 2.05) is 33.0 Å². The van der Waals surface area contributed by atoms with Crippen molar-refractivity contribution in [1.82, 2.24) is 14.8 Å². The molecule has 1 atom stereocenters. The number of pyridine rings is 1. The molecule has 5 aromatic rings. The minimum atomic E-state index is -1.02. The van der Waals surface area contributed by atoms with Gasteiger partial charge in [-0.25, -0.2) is 4.79 Å². The van der Waals surface area contributed by atoms with Gasteiger partial charge < -0.3 is 14.8 Å². The van der Waals surface area contributed by atoms with E-state index in [1.54, 1.807) is 47.4 Å². The Morgan fingerprint density at radius 3 is 2.76 bits per heavy atom. The third kappa shape index (κ3) is 3.59. The Kier molecular flexibility index (Phi) is 5.13. The van der Waals surface area contributed by atoms with Crippen LogP contribution in [0.3, 0.4) is 0 Å². The van der Waals surface area contributed by atoms with Crippen LogP contribution in [-0.2, 0) is 7.05 Å². The van der Waals surface area contributed by atoms with Crippen LogP contribution in [0.15, 0.2) is 70.1 Å². The number of rotatable bonds is 5. The number of aryl methyl sites for hydroxylation is 2. The summed E-state index contributed by atoms with van der Waals surface area (Å²) >= 11 is 0. The summed E-state index contributed by atoms with van der Waals surface area (Å²) < 4.78 is 8.02. The molecule has 5 rings (SSSR count). The van der Waals surface area contributed by atoms with E-state index in [-0.39, 0.29) is 17.0 Å². The van der Waals surface area contributed by atoms with E-state index in [2.05, 4.69) is 15.4 Å². The molecule has 0 amide bonds. The van der Waals surface area contributed by atoms with Gasteiger partial charge in [0.2, 0.25) is 0 Å². The van der Waals surface area contributed by atoms with Crippen molar-refractivity contribution in [2.45, 2.75) is 19.9 Å². The largest absolute Gasteiger partial charge is 0.478 e. The highest BCUT2D eigenvalue weighted by atomic mass is 16.4. The average Bonchev–Trinajstić information content (AvgIpc) is 3.20. The van der Waals surface area contributed by atoms with Crippen molar-refractivity contribution in [2.24, 2.45) is 7.05 Å². The van der Waals surface area contributed by atoms with Crippen molar-refractivity contribution >= 4 is 33.5 Å². The first-order valence-corrected chi connectivity index (χ1v) is 10.8. The lowest BCUT2D eigenvalue weighted by molar-refractivity contribution is 0.0698. The summed E-state index contributed by atoms with van der Waals surface area (Å²) in [6, 6.07) is 13.4. The van der Waals surface area contributed by atoms with Crippen LogP contribution in [0.5, 0.6) is 0 Å². The van der Waals surface area contributed by atoms with Crippen LogP contribution in [0, 0.1) is 6.92 Å². The Labute approximate surface area is 194 Å². The van der Waals surface area contributed by atoms with E-state index in [0.29, 0.717) is 28.1 Å². The number of para-hydroxylation sites is 1. The van der Waals surface area contributed by atoms with Crippen LogP contribution >= 0.6 is 0 Å². The molecule has 8 nitrogen and oxygen atoms in total. The number of carboxylic acid groups (broad SMARTS) is 1. The van der Waals surface area contributed by atoms with E-state index in [0.717, 1.165) is 22.0 Å². The normalized spacial score (nSPS) is 12.2. The fourth-order valence-electron chi connectivity index (χ4n) is 4.28. The van der Waals surface area contributed by atoms with Crippen molar-refractivity contribution in [1.29, 1.82) is 0 Å². The molecule has 0 bridgehead atoms. The Morgan fingerprint density at radius 1 is 1.18 bits per heavy atom. The molecule has 8 heteroatoms. The standard InChI is InChI=1S/C26H22N4O4/c1-14-10-18(15(2)29-20-7-5-4-6-17(20)26(32)33)25-19(11-14)21(31)12-22(34-25)23-24-16(8-9-27-23)13-28-30(24)3/h4-13,15,29H,1-3H3,(H,32,33). The summed E-state index contributed by atoms with van der Waals surface area (Å²) in [7, 11) is 1.81. The summed E-state index contributed by atoms with van der Waals surface area (Å²) in [5.74, 6) is -0.677. The number of carboxylic acids is 1. The summed E-state index contributed by atoms with van der Waals surface area (Å²) in [5.41, 5.74) is 3.83. The Hall–Kier alpha value is -4.46. The number of aromatic carboxylic acids is 1. The number of benzene rings is 2. The lowest BCUT2D eigenvalue weighted by Gasteiger charge is -2.19. The third-order valence-corrected chi connectivity index (χ3v) is 5.88. The Bertz CT molecular complexity index is 1630. The molecule has 0 fully saturated rings. The van der Waals surface area contributed by atoms with Crippen LogP contribution in [0.2, 0.25) is 0 Å². The number of carbonyl (C=O) groups is 1. The first-order chi connectivity index (χ1) is 16.3. The molecule has 0 spiro atoms. The fourth-order valence-corrected chi connectivity index (χ4v) is 4.28. The SMILES string of the molecule is Cc1cc(C(C)Nc2ccccc2C(=O)O)c2oc(-c3nccc4cnn(C)c34)cc(=O)c2c1. The summed E-state index contributed by atoms with van der Waals surface area (Å²) in [6.07, 6.45) is 3.40. The van der Waals surface area contributed by atoms with Crippen LogP contribution in [0.25, 0.3) is 33.3 Å². The van der Waals surface area contributed by atoms with Crippen molar-refractivity contribution in [2.75, 3.05) is 5.32 Å². The molecule has 3 heterocycles. The van der Waals surface area contributed by atoms with Crippen LogP contribution < -0.4 is 10.7 Å². The zero-order chi connectivity index (χ0) is 24.0. The molecule has 2 aromatic carbocycles. The lowest BCUT2D eigenvalue weighted by atomic mass is 10.0. The van der Waals surface area contributed by atoms with E-state index >= 15 is 0 Å². The van der Waals surface area contributed by atoms with Gasteiger partial charge in [-0.15, -0.1) is 0 Å². The van der Waals surface area contributed by atoms with E-state index in [9.17, 15) is 14.7 Å². The van der Waals surface area contributed by atoms with Crippen molar-refractivity contribution < 1.29 is 14.3 Å². The van der Waals surface area contributed by atoms with Gasteiger partial charge in [0, 0.05) is 35.9 Å². The van der Waals surface area contributed by atoms with Gasteiger partial charge in [0.15, 0.2) is 11.2 Å². The molecule has 3 aromatic heterocycles. The highest BCUT2D eigenvalue weighted by Gasteiger charge is 2.20. The zero-order valence-electron chi connectivity index (χ0n) is 18.9. The predicted molar refractivity (Wildman–Crippen MR) is 130 cm³/mol. The number of hydrogen-bond donors (Lipinski definition) is 2. The highest BCUT2D eigenvalue weighted by Crippen LogP contribution is 2.32. The van der Waals surface area contributed by atoms with Crippen LogP contribution in [0.4, 0.5) is 5.69 Å². The average molecular weight is 454 g/mol. The molecule has 34 heavy (non-hydrogen) atoms. The van der Waals surface area contributed by atoms with Crippen molar-refractivity contribution in [3.63, 3.8) is 0 Å². The monoisotopic (exact) mass is 454 g/mol. The van der Waals surface area contributed by atoms with Gasteiger partial charge in [0.1, 0.15) is 11.3 Å². The first kappa shape index (κ1) is 21.4. The van der Waals surface area contributed by atoms with E-state index in [4.69, 9.17) is 4.42 Å². The van der Waals surface area contributed by atoms with Crippen molar-refractivity contribution in [3.8, 4) is 11.5 Å². The van der Waals surface area contributed by atoms with Gasteiger partial charge in [-0.2, -0.15) is 5.10 Å². The fraction of sp³-hybridized carbons (Fsp3) is 0.154. The van der Waals surface area contributed by atoms with Crippen LogP contribution in [0.1, 0.15) is 34.5 Å². The minimum Gasteiger partial charge on any atom is -0.478 e. The van der Waals surface area contributed by atoms with Gasteiger partial charge in [-0.3, -0.25) is 14.5 Å². The number of nitrogens with one attached hydrogen (secondary N) is 1. The maximum Gasteiger partial charge on any atom is 0.337 e. The maximum absolute atomic E-state index is 13.2. The molecule has 1 unspecified atom stereocenters. The third-order valence-electron chi connectivity index (χ3n) is 5.88. The van der Waals surface area contributed by atoms with E-state index in [1.165, 1.54) is 6.07 Å². The van der Waals surface area contributed by atoms with Gasteiger partial charge in [0.25, 0.3) is 0 Å². The van der Waals surface area contributed by atoms with Gasteiger partial charge >= 0.3 is 5.97 Å². The van der Waals surface area contributed by atoms with Gasteiger partial charge in [-0.1, -0.05) is 18.2 Å². The number of fused-ring (bicyclic) bond motifs is 2. The Balaban J connectivity index is 1.69.